The molecule has 76 valence electrons. The molecule has 0 saturated heterocycles. The third kappa shape index (κ3) is 6.06. The molecule has 4 nitrogen and oxygen atoms in total. The molecule has 0 spiro atoms. The van der Waals surface area contributed by atoms with Crippen LogP contribution in [0, 0.1) is 4.77 Å². The zero-order chi connectivity index (χ0) is 8.39. The minimum atomic E-state index is 0. The molecule has 0 fully saturated rings. The molecule has 0 atom stereocenters. The Hall–Kier alpha value is 1.73. The number of H-pyrrole nitrogens is 1. The van der Waals surface area contributed by atoms with Crippen molar-refractivity contribution in [1.82, 2.24) is 20.2 Å². The average molecular weight is 311 g/mol. The second-order valence-corrected chi connectivity index (χ2v) is 2.62. The fourth-order valence-corrected chi connectivity index (χ4v) is 1.13. The maximum atomic E-state index is 4.93. The van der Waals surface area contributed by atoms with E-state index in [1.54, 1.807) is 4.68 Å². The molecule has 0 unspecified atom stereocenters. The van der Waals surface area contributed by atoms with Crippen molar-refractivity contribution in [1.29, 1.82) is 0 Å². The Kier molecular flexibility index (Phi) is 16.9. The van der Waals surface area contributed by atoms with Crippen LogP contribution in [0.1, 0.15) is 0 Å². The first-order valence-corrected chi connectivity index (χ1v) is 3.84. The number of nitrogens with one attached hydrogen (secondary N) is 1. The number of rotatable bonds is 1. The summed E-state index contributed by atoms with van der Waals surface area (Å²) in [7, 11) is 0. The van der Waals surface area contributed by atoms with Gasteiger partial charge in [-0.3, -0.25) is 0 Å². The van der Waals surface area contributed by atoms with Gasteiger partial charge < -0.3 is 24.8 Å². The number of nitrogens with zero attached hydrogens (tertiary/aromatic N) is 3. The van der Waals surface area contributed by atoms with Crippen molar-refractivity contribution in [2.24, 2.45) is 0 Å². The van der Waals surface area contributed by atoms with Gasteiger partial charge in [-0.15, -0.1) is 0 Å². The van der Waals surface area contributed by atoms with Crippen molar-refractivity contribution in [2.75, 3.05) is 0 Å². The number of para-hydroxylation sites is 1. The van der Waals surface area contributed by atoms with Crippen molar-refractivity contribution < 1.29 is 106 Å². The van der Waals surface area contributed by atoms with Gasteiger partial charge in [0, 0.05) is 0 Å². The molecular weight excluding hydrogens is 305 g/mol. The summed E-state index contributed by atoms with van der Waals surface area (Å²) < 4.78 is 2.07. The number of benzene rings is 1. The van der Waals surface area contributed by atoms with E-state index in [1.165, 1.54) is 0 Å². The van der Waals surface area contributed by atoms with Gasteiger partial charge >= 0.3 is 80.9 Å². The predicted molar refractivity (Wildman–Crippen MR) is 46.5 cm³/mol. The summed E-state index contributed by atoms with van der Waals surface area (Å²) in [6.07, 6.45) is 0. The number of halogens is 2. The van der Waals surface area contributed by atoms with Crippen LogP contribution >= 0.6 is 12.2 Å². The Morgan fingerprint density at radius 3 is 2.12 bits per heavy atom. The largest absolute Gasteiger partial charge is 1.00 e. The average Bonchev–Trinajstić information content (AvgIpc) is 2.53. The van der Waals surface area contributed by atoms with Crippen molar-refractivity contribution in [3.8, 4) is 5.69 Å². The molecule has 0 saturated carbocycles. The van der Waals surface area contributed by atoms with Crippen molar-refractivity contribution >= 4 is 12.2 Å². The Bertz CT molecular complexity index is 435. The van der Waals surface area contributed by atoms with Crippen LogP contribution in [0.5, 0.6) is 0 Å². The Morgan fingerprint density at radius 1 is 1.12 bits per heavy atom. The molecular formula is C7H6Cl2KN4NaS. The first-order valence-electron chi connectivity index (χ1n) is 3.43. The molecule has 1 aromatic carbocycles. The minimum absolute atomic E-state index is 0. The topological polar surface area (TPSA) is 46.5 Å². The molecule has 9 heteroatoms. The summed E-state index contributed by atoms with van der Waals surface area (Å²) in [6, 6.07) is 9.65. The van der Waals surface area contributed by atoms with Gasteiger partial charge in [0.25, 0.3) is 0 Å². The molecule has 1 aromatic heterocycles. The smallest absolute Gasteiger partial charge is 1.00 e. The van der Waals surface area contributed by atoms with Crippen LogP contribution in [0.15, 0.2) is 30.3 Å². The van der Waals surface area contributed by atoms with E-state index in [4.69, 9.17) is 12.2 Å². The number of aromatic amines is 1. The summed E-state index contributed by atoms with van der Waals surface area (Å²) in [6.45, 7) is 0. The zero-order valence-electron chi connectivity index (χ0n) is 8.89. The van der Waals surface area contributed by atoms with Crippen molar-refractivity contribution in [3.63, 3.8) is 0 Å². The van der Waals surface area contributed by atoms with E-state index in [-0.39, 0.29) is 106 Å². The van der Waals surface area contributed by atoms with Gasteiger partial charge in [-0.1, -0.05) is 28.5 Å². The van der Waals surface area contributed by atoms with E-state index < -0.39 is 0 Å². The van der Waals surface area contributed by atoms with Gasteiger partial charge in [-0.05, 0) is 24.4 Å². The van der Waals surface area contributed by atoms with Gasteiger partial charge in [-0.2, -0.15) is 5.21 Å². The maximum absolute atomic E-state index is 4.93. The summed E-state index contributed by atoms with van der Waals surface area (Å²) in [5.41, 5.74) is 0.938. The van der Waals surface area contributed by atoms with E-state index in [1.807, 2.05) is 30.3 Å². The second-order valence-electron chi connectivity index (χ2n) is 2.25. The van der Waals surface area contributed by atoms with Crippen LogP contribution in [0.4, 0.5) is 0 Å². The molecule has 0 bridgehead atoms. The quantitative estimate of drug-likeness (QED) is 0.420. The van der Waals surface area contributed by atoms with Crippen LogP contribution in [-0.4, -0.2) is 20.2 Å². The second kappa shape index (κ2) is 11.8. The predicted octanol–water partition coefficient (Wildman–Crippen LogP) is -10.7. The van der Waals surface area contributed by atoms with Crippen LogP contribution in [0.2, 0.25) is 0 Å². The van der Waals surface area contributed by atoms with Gasteiger partial charge in [-0.25, -0.2) is 4.68 Å². The Balaban J connectivity index is -0.000000422. The SMILES string of the molecule is S=c1nn[nH]n1-c1ccccc1.[Cl-].[Cl-].[K+].[Na+]. The zero-order valence-corrected chi connectivity index (χ0v) is 16.3. The number of tetrazole rings is 1. The third-order valence-electron chi connectivity index (χ3n) is 1.49. The first kappa shape index (κ1) is 22.9. The van der Waals surface area contributed by atoms with Gasteiger partial charge in [0.1, 0.15) is 0 Å². The number of hydrogen-bond acceptors (Lipinski definition) is 3. The van der Waals surface area contributed by atoms with E-state index in [9.17, 15) is 0 Å². The molecule has 2 rings (SSSR count). The molecule has 0 radical (unpaired) electrons. The third-order valence-corrected chi connectivity index (χ3v) is 1.75. The monoisotopic (exact) mass is 310 g/mol. The minimum Gasteiger partial charge on any atom is -1.00 e. The molecule has 0 aliphatic carbocycles. The van der Waals surface area contributed by atoms with E-state index in [0.717, 1.165) is 5.69 Å². The van der Waals surface area contributed by atoms with Crippen LogP contribution < -0.4 is 106 Å². The fraction of sp³-hybridized carbons (Fsp3) is 0. The Labute approximate surface area is 175 Å². The van der Waals surface area contributed by atoms with E-state index >= 15 is 0 Å². The molecule has 0 aliphatic rings. The fourth-order valence-electron chi connectivity index (χ4n) is 0.943. The molecule has 2 aromatic rings. The summed E-state index contributed by atoms with van der Waals surface area (Å²) in [5, 5.41) is 9.92. The van der Waals surface area contributed by atoms with E-state index in [0.29, 0.717) is 4.77 Å². The standard InChI is InChI=1S/C7H6N4S.2ClH.K.Na/c12-7-8-9-10-11(7)6-4-2-1-3-5-6;;;;/h1-5H,(H,8,10,12);2*1H;;/q;;;2*+1/p-2. The first-order chi connectivity index (χ1) is 5.88. The molecule has 1 N–H and O–H groups in total. The molecule has 1 heterocycles. The molecule has 0 aliphatic heterocycles. The van der Waals surface area contributed by atoms with Gasteiger partial charge in [0.2, 0.25) is 4.77 Å². The number of hydrogen-bond donors (Lipinski definition) is 1. The van der Waals surface area contributed by atoms with Gasteiger partial charge in [0.05, 0.1) is 5.69 Å². The van der Waals surface area contributed by atoms with Crippen LogP contribution in [-0.2, 0) is 0 Å². The van der Waals surface area contributed by atoms with Crippen LogP contribution in [0.3, 0.4) is 0 Å². The normalized spacial score (nSPS) is 7.50. The Morgan fingerprint density at radius 2 is 1.69 bits per heavy atom. The van der Waals surface area contributed by atoms with E-state index in [2.05, 4.69) is 15.5 Å². The molecule has 16 heavy (non-hydrogen) atoms. The van der Waals surface area contributed by atoms with Gasteiger partial charge in [0.15, 0.2) is 0 Å². The summed E-state index contributed by atoms with van der Waals surface area (Å²) in [5.74, 6) is 0. The summed E-state index contributed by atoms with van der Waals surface area (Å²) in [4.78, 5) is 0. The maximum Gasteiger partial charge on any atom is 1.00 e. The molecule has 0 amide bonds. The van der Waals surface area contributed by atoms with Crippen molar-refractivity contribution in [2.45, 2.75) is 0 Å². The van der Waals surface area contributed by atoms with Crippen molar-refractivity contribution in [3.05, 3.63) is 35.1 Å². The number of aromatic nitrogens is 4. The van der Waals surface area contributed by atoms with Crippen LogP contribution in [0.25, 0.3) is 5.69 Å². The summed E-state index contributed by atoms with van der Waals surface area (Å²) >= 11 is 4.93.